The van der Waals surface area contributed by atoms with Gasteiger partial charge in [-0.25, -0.2) is 18.1 Å². The minimum atomic E-state index is -3.26. The van der Waals surface area contributed by atoms with Gasteiger partial charge >= 0.3 is 0 Å². The van der Waals surface area contributed by atoms with Crippen LogP contribution in [0.4, 0.5) is 0 Å². The van der Waals surface area contributed by atoms with Crippen molar-refractivity contribution in [2.75, 3.05) is 19.3 Å². The summed E-state index contributed by atoms with van der Waals surface area (Å²) in [6.45, 7) is 7.22. The third-order valence-electron chi connectivity index (χ3n) is 2.83. The van der Waals surface area contributed by atoms with Gasteiger partial charge in [0.2, 0.25) is 10.0 Å². The predicted octanol–water partition coefficient (Wildman–Crippen LogP) is 0.421. The lowest BCUT2D eigenvalue weighted by Crippen LogP contribution is -2.53. The average Bonchev–Trinajstić information content (AvgIpc) is 2.75. The maximum Gasteiger partial charge on any atom is 0.209 e. The van der Waals surface area contributed by atoms with Crippen molar-refractivity contribution in [1.29, 1.82) is 0 Å². The molecule has 1 rings (SSSR count). The van der Waals surface area contributed by atoms with Crippen molar-refractivity contribution in [2.45, 2.75) is 32.9 Å². The van der Waals surface area contributed by atoms with Crippen molar-refractivity contribution in [3.05, 3.63) is 18.0 Å². The minimum absolute atomic E-state index is 0. The summed E-state index contributed by atoms with van der Waals surface area (Å²) >= 11 is 0. The van der Waals surface area contributed by atoms with E-state index in [1.54, 1.807) is 10.9 Å². The van der Waals surface area contributed by atoms with Gasteiger partial charge in [0.05, 0.1) is 18.5 Å². The van der Waals surface area contributed by atoms with Gasteiger partial charge in [0.1, 0.15) is 0 Å². The molecule has 1 heterocycles. The topological polar surface area (TPSA) is 100 Å². The molecule has 3 N–H and O–H groups in total. The number of aryl methyl sites for hydroxylation is 1. The van der Waals surface area contributed by atoms with Crippen LogP contribution in [0, 0.1) is 0 Å². The largest absolute Gasteiger partial charge is 0.357 e. The van der Waals surface area contributed by atoms with Crippen LogP contribution in [-0.2, 0) is 23.6 Å². The first-order valence-electron chi connectivity index (χ1n) is 7.11. The second-order valence-corrected chi connectivity index (χ2v) is 7.50. The van der Waals surface area contributed by atoms with Crippen LogP contribution in [0.3, 0.4) is 0 Å². The zero-order chi connectivity index (χ0) is 16.8. The summed E-state index contributed by atoms with van der Waals surface area (Å²) < 4.78 is 27.0. The Labute approximate surface area is 155 Å². The smallest absolute Gasteiger partial charge is 0.209 e. The van der Waals surface area contributed by atoms with Gasteiger partial charge < -0.3 is 10.6 Å². The fourth-order valence-corrected chi connectivity index (χ4v) is 2.98. The molecule has 0 saturated carbocycles. The van der Waals surface area contributed by atoms with Crippen molar-refractivity contribution in [3.8, 4) is 0 Å². The van der Waals surface area contributed by atoms with Crippen LogP contribution >= 0.6 is 24.0 Å². The Morgan fingerprint density at radius 2 is 2.04 bits per heavy atom. The summed E-state index contributed by atoms with van der Waals surface area (Å²) in [5.74, 6) is 0.632. The second-order valence-electron chi connectivity index (χ2n) is 5.75. The molecule has 0 aromatic carbocycles. The molecule has 0 saturated heterocycles. The quantitative estimate of drug-likeness (QED) is 0.313. The zero-order valence-corrected chi connectivity index (χ0v) is 17.4. The van der Waals surface area contributed by atoms with E-state index in [1.807, 2.05) is 33.9 Å². The highest BCUT2D eigenvalue weighted by atomic mass is 127. The molecular formula is C13H27IN6O2S. The standard InChI is InChI=1S/C13H26N6O2S.HI/c1-6-14-12(15-9-11-7-8-17-19(11)4)16-10-13(2,3)18-22(5,20)21;/h7-8,18H,6,9-10H2,1-5H3,(H2,14,15,16);1H. The van der Waals surface area contributed by atoms with Crippen LogP contribution in [0.1, 0.15) is 26.5 Å². The second kappa shape index (κ2) is 9.42. The van der Waals surface area contributed by atoms with Gasteiger partial charge in [-0.05, 0) is 26.8 Å². The number of sulfonamides is 1. The van der Waals surface area contributed by atoms with Crippen LogP contribution in [0.15, 0.2) is 17.3 Å². The van der Waals surface area contributed by atoms with E-state index < -0.39 is 15.6 Å². The van der Waals surface area contributed by atoms with Crippen LogP contribution in [-0.4, -0.2) is 49.0 Å². The van der Waals surface area contributed by atoms with Crippen molar-refractivity contribution < 1.29 is 8.42 Å². The molecule has 1 aromatic rings. The predicted molar refractivity (Wildman–Crippen MR) is 103 cm³/mol. The molecule has 134 valence electrons. The zero-order valence-electron chi connectivity index (χ0n) is 14.3. The van der Waals surface area contributed by atoms with Crippen molar-refractivity contribution >= 4 is 40.0 Å². The fourth-order valence-electron chi connectivity index (χ4n) is 1.90. The number of hydrogen-bond donors (Lipinski definition) is 3. The van der Waals surface area contributed by atoms with Gasteiger partial charge in [0.15, 0.2) is 5.96 Å². The number of nitrogens with one attached hydrogen (secondary N) is 3. The van der Waals surface area contributed by atoms with E-state index in [0.29, 0.717) is 19.0 Å². The number of nitrogens with zero attached hydrogens (tertiary/aromatic N) is 3. The minimum Gasteiger partial charge on any atom is -0.357 e. The SMILES string of the molecule is CCNC(=NCc1ccnn1C)NCC(C)(C)NS(C)(=O)=O.I. The lowest BCUT2D eigenvalue weighted by Gasteiger charge is -2.26. The fraction of sp³-hybridized carbons (Fsp3) is 0.692. The first-order chi connectivity index (χ1) is 10.1. The number of halogens is 1. The number of rotatable bonds is 7. The van der Waals surface area contributed by atoms with Gasteiger partial charge in [-0.2, -0.15) is 5.10 Å². The Balaban J connectivity index is 0.00000484. The molecule has 0 fully saturated rings. The normalized spacial score (nSPS) is 12.7. The molecule has 0 aliphatic carbocycles. The van der Waals surface area contributed by atoms with Gasteiger partial charge in [-0.15, -0.1) is 24.0 Å². The van der Waals surface area contributed by atoms with Gasteiger partial charge in [-0.3, -0.25) is 4.68 Å². The van der Waals surface area contributed by atoms with Crippen LogP contribution in [0.5, 0.6) is 0 Å². The summed E-state index contributed by atoms with van der Waals surface area (Å²) in [5, 5.41) is 10.4. The molecule has 0 aliphatic heterocycles. The monoisotopic (exact) mass is 458 g/mol. The third kappa shape index (κ3) is 9.11. The molecule has 10 heteroatoms. The Morgan fingerprint density at radius 1 is 1.39 bits per heavy atom. The summed E-state index contributed by atoms with van der Waals surface area (Å²) in [7, 11) is -1.39. The van der Waals surface area contributed by atoms with Crippen LogP contribution in [0.25, 0.3) is 0 Å². The molecular weight excluding hydrogens is 431 g/mol. The maximum absolute atomic E-state index is 11.3. The van der Waals surface area contributed by atoms with Crippen molar-refractivity contribution in [2.24, 2.45) is 12.0 Å². The van der Waals surface area contributed by atoms with Crippen LogP contribution < -0.4 is 15.4 Å². The maximum atomic E-state index is 11.3. The lowest BCUT2D eigenvalue weighted by molar-refractivity contribution is 0.446. The third-order valence-corrected chi connectivity index (χ3v) is 3.75. The molecule has 8 nitrogen and oxygen atoms in total. The van der Waals surface area contributed by atoms with E-state index in [-0.39, 0.29) is 24.0 Å². The first-order valence-corrected chi connectivity index (χ1v) is 9.00. The number of hydrogen-bond acceptors (Lipinski definition) is 4. The average molecular weight is 458 g/mol. The molecule has 23 heavy (non-hydrogen) atoms. The highest BCUT2D eigenvalue weighted by Crippen LogP contribution is 2.02. The van der Waals surface area contributed by atoms with E-state index >= 15 is 0 Å². The van der Waals surface area contributed by atoms with E-state index in [9.17, 15) is 8.42 Å². The van der Waals surface area contributed by atoms with E-state index in [0.717, 1.165) is 18.5 Å². The Kier molecular flexibility index (Phi) is 9.06. The van der Waals surface area contributed by atoms with Crippen LogP contribution in [0.2, 0.25) is 0 Å². The molecule has 0 aliphatic rings. The lowest BCUT2D eigenvalue weighted by atomic mass is 10.1. The molecule has 0 radical (unpaired) electrons. The van der Waals surface area contributed by atoms with Gasteiger partial charge in [0, 0.05) is 31.9 Å². The summed E-state index contributed by atoms with van der Waals surface area (Å²) in [6, 6.07) is 1.90. The Morgan fingerprint density at radius 3 is 2.52 bits per heavy atom. The molecule has 0 atom stereocenters. The summed E-state index contributed by atoms with van der Waals surface area (Å²) in [4.78, 5) is 4.47. The highest BCUT2D eigenvalue weighted by molar-refractivity contribution is 14.0. The molecule has 0 bridgehead atoms. The Bertz CT molecular complexity index is 612. The first kappa shape index (κ1) is 22.1. The molecule has 1 aromatic heterocycles. The van der Waals surface area contributed by atoms with Gasteiger partial charge in [-0.1, -0.05) is 0 Å². The van der Waals surface area contributed by atoms with E-state index in [2.05, 4.69) is 25.4 Å². The van der Waals surface area contributed by atoms with Crippen molar-refractivity contribution in [1.82, 2.24) is 25.1 Å². The highest BCUT2D eigenvalue weighted by Gasteiger charge is 2.22. The van der Waals surface area contributed by atoms with E-state index in [4.69, 9.17) is 0 Å². The summed E-state index contributed by atoms with van der Waals surface area (Å²) in [5.41, 5.74) is 0.377. The number of aliphatic imine (C=N–C) groups is 1. The number of guanidine groups is 1. The molecule has 0 spiro atoms. The summed E-state index contributed by atoms with van der Waals surface area (Å²) in [6.07, 6.45) is 2.88. The molecule has 0 amide bonds. The number of aromatic nitrogens is 2. The van der Waals surface area contributed by atoms with Crippen molar-refractivity contribution in [3.63, 3.8) is 0 Å². The van der Waals surface area contributed by atoms with Gasteiger partial charge in [0.25, 0.3) is 0 Å². The molecule has 0 unspecified atom stereocenters. The van der Waals surface area contributed by atoms with E-state index in [1.165, 1.54) is 0 Å². The Hall–Kier alpha value is -0.880.